The zero-order valence-corrected chi connectivity index (χ0v) is 13.7. The fourth-order valence-electron chi connectivity index (χ4n) is 2.03. The van der Waals surface area contributed by atoms with Crippen molar-refractivity contribution in [3.05, 3.63) is 57.8 Å². The molecule has 0 bridgehead atoms. The average Bonchev–Trinajstić information content (AvgIpc) is 2.97. The van der Waals surface area contributed by atoms with Gasteiger partial charge in [-0.15, -0.1) is 11.3 Å². The van der Waals surface area contributed by atoms with Gasteiger partial charge in [-0.25, -0.2) is 12.7 Å². The minimum Gasteiger partial charge on any atom is -0.326 e. The Balaban J connectivity index is 1.99. The number of nitrogens with two attached hydrogens (primary N) is 1. The van der Waals surface area contributed by atoms with Crippen molar-refractivity contribution in [2.75, 3.05) is 13.6 Å². The molecule has 6 heteroatoms. The maximum atomic E-state index is 12.4. The Morgan fingerprint density at radius 3 is 2.62 bits per heavy atom. The summed E-state index contributed by atoms with van der Waals surface area (Å²) in [6, 6.07) is 11.4. The molecule has 0 spiro atoms. The molecule has 4 nitrogen and oxygen atoms in total. The predicted octanol–water partition coefficient (Wildman–Crippen LogP) is 2.21. The number of sulfonamides is 1. The first-order chi connectivity index (χ1) is 10.0. The number of thiophene rings is 1. The van der Waals surface area contributed by atoms with Crippen LogP contribution in [0.4, 0.5) is 0 Å². The van der Waals surface area contributed by atoms with E-state index < -0.39 is 10.0 Å². The van der Waals surface area contributed by atoms with Crippen molar-refractivity contribution in [1.29, 1.82) is 0 Å². The molecule has 114 valence electrons. The topological polar surface area (TPSA) is 63.4 Å². The molecule has 1 heterocycles. The fourth-order valence-corrected chi connectivity index (χ4v) is 3.92. The molecular formula is C15H20N2O2S2. The Kier molecular flexibility index (Phi) is 5.52. The van der Waals surface area contributed by atoms with E-state index in [0.717, 1.165) is 17.5 Å². The van der Waals surface area contributed by atoms with E-state index in [1.54, 1.807) is 18.4 Å². The summed E-state index contributed by atoms with van der Waals surface area (Å²) >= 11 is 1.65. The molecule has 0 radical (unpaired) electrons. The monoisotopic (exact) mass is 324 g/mol. The summed E-state index contributed by atoms with van der Waals surface area (Å²) in [5.41, 5.74) is 7.31. The van der Waals surface area contributed by atoms with Crippen molar-refractivity contribution in [1.82, 2.24) is 4.31 Å². The third-order valence-corrected chi connectivity index (χ3v) is 6.07. The van der Waals surface area contributed by atoms with Crippen molar-refractivity contribution in [2.24, 2.45) is 5.73 Å². The number of likely N-dealkylation sites (N-methyl/N-ethyl adjacent to an activating group) is 1. The maximum absolute atomic E-state index is 12.4. The number of rotatable bonds is 7. The third kappa shape index (κ3) is 4.64. The van der Waals surface area contributed by atoms with E-state index in [-0.39, 0.29) is 5.75 Å². The highest BCUT2D eigenvalue weighted by molar-refractivity contribution is 7.88. The minimum absolute atomic E-state index is 0.0157. The van der Waals surface area contributed by atoms with Gasteiger partial charge in [0.1, 0.15) is 0 Å². The lowest BCUT2D eigenvalue weighted by Gasteiger charge is -2.17. The van der Waals surface area contributed by atoms with Crippen molar-refractivity contribution >= 4 is 21.4 Å². The molecule has 0 amide bonds. The lowest BCUT2D eigenvalue weighted by molar-refractivity contribution is 0.472. The highest BCUT2D eigenvalue weighted by atomic mass is 32.2. The first-order valence-electron chi connectivity index (χ1n) is 6.75. The first kappa shape index (κ1) is 16.2. The Bertz CT molecular complexity index is 667. The van der Waals surface area contributed by atoms with Gasteiger partial charge in [0.2, 0.25) is 10.0 Å². The molecular weight excluding hydrogens is 304 g/mol. The van der Waals surface area contributed by atoms with Crippen LogP contribution in [0.5, 0.6) is 0 Å². The van der Waals surface area contributed by atoms with E-state index in [9.17, 15) is 8.42 Å². The first-order valence-corrected chi connectivity index (χ1v) is 9.24. The van der Waals surface area contributed by atoms with E-state index in [2.05, 4.69) is 0 Å². The molecule has 0 saturated carbocycles. The van der Waals surface area contributed by atoms with Gasteiger partial charge < -0.3 is 5.73 Å². The Morgan fingerprint density at radius 1 is 1.19 bits per heavy atom. The predicted molar refractivity (Wildman–Crippen MR) is 87.6 cm³/mol. The molecule has 0 aliphatic carbocycles. The third-order valence-electron chi connectivity index (χ3n) is 3.30. The summed E-state index contributed by atoms with van der Waals surface area (Å²) in [6.45, 7) is 0.918. The van der Waals surface area contributed by atoms with Gasteiger partial charge in [-0.1, -0.05) is 30.3 Å². The van der Waals surface area contributed by atoms with E-state index >= 15 is 0 Å². The molecule has 2 N–H and O–H groups in total. The molecule has 21 heavy (non-hydrogen) atoms. The molecule has 0 aliphatic rings. The van der Waals surface area contributed by atoms with Crippen LogP contribution in [-0.2, 0) is 28.7 Å². The van der Waals surface area contributed by atoms with Crippen molar-refractivity contribution < 1.29 is 8.42 Å². The fraction of sp³-hybridized carbons (Fsp3) is 0.333. The quantitative estimate of drug-likeness (QED) is 0.849. The Morgan fingerprint density at radius 2 is 1.95 bits per heavy atom. The second kappa shape index (κ2) is 7.17. The normalized spacial score (nSPS) is 12.0. The second-order valence-corrected chi connectivity index (χ2v) is 8.04. The summed E-state index contributed by atoms with van der Waals surface area (Å²) in [7, 11) is -1.66. The highest BCUT2D eigenvalue weighted by Gasteiger charge is 2.18. The van der Waals surface area contributed by atoms with Gasteiger partial charge >= 0.3 is 0 Å². The summed E-state index contributed by atoms with van der Waals surface area (Å²) < 4.78 is 26.1. The largest absolute Gasteiger partial charge is 0.326 e. The van der Waals surface area contributed by atoms with Crippen molar-refractivity contribution in [2.45, 2.75) is 18.7 Å². The molecule has 1 aromatic heterocycles. The molecule has 0 fully saturated rings. The minimum atomic E-state index is -3.29. The lowest BCUT2D eigenvalue weighted by atomic mass is 10.1. The standard InChI is InChI=1S/C15H20N2O2S2/c1-17(8-7-15-6-3-9-20-15)21(18,19)12-14-5-2-4-13(10-14)11-16/h2-6,9-10H,7-8,11-12,16H2,1H3. The number of hydrogen-bond acceptors (Lipinski definition) is 4. The van der Waals surface area contributed by atoms with Gasteiger partial charge in [-0.05, 0) is 29.0 Å². The van der Waals surface area contributed by atoms with E-state index in [1.807, 2.05) is 41.8 Å². The Hall–Kier alpha value is -1.21. The van der Waals surface area contributed by atoms with Crippen LogP contribution in [0.15, 0.2) is 41.8 Å². The molecule has 0 aliphatic heterocycles. The molecule has 0 saturated heterocycles. The van der Waals surface area contributed by atoms with E-state index in [0.29, 0.717) is 13.1 Å². The van der Waals surface area contributed by atoms with Crippen LogP contribution >= 0.6 is 11.3 Å². The smallest absolute Gasteiger partial charge is 0.218 e. The van der Waals surface area contributed by atoms with Gasteiger partial charge in [0, 0.05) is 25.0 Å². The number of benzene rings is 1. The van der Waals surface area contributed by atoms with Crippen molar-refractivity contribution in [3.8, 4) is 0 Å². The lowest BCUT2D eigenvalue weighted by Crippen LogP contribution is -2.30. The van der Waals surface area contributed by atoms with Crippen LogP contribution in [0.1, 0.15) is 16.0 Å². The molecule has 2 aromatic rings. The van der Waals surface area contributed by atoms with Crippen molar-refractivity contribution in [3.63, 3.8) is 0 Å². The number of hydrogen-bond donors (Lipinski definition) is 1. The zero-order chi connectivity index (χ0) is 15.3. The molecule has 0 unspecified atom stereocenters. The van der Waals surface area contributed by atoms with Gasteiger partial charge in [0.25, 0.3) is 0 Å². The van der Waals surface area contributed by atoms with Gasteiger partial charge in [0.05, 0.1) is 5.75 Å². The molecule has 1 aromatic carbocycles. The highest BCUT2D eigenvalue weighted by Crippen LogP contribution is 2.14. The molecule has 2 rings (SSSR count). The second-order valence-electron chi connectivity index (χ2n) is 4.93. The zero-order valence-electron chi connectivity index (χ0n) is 12.0. The van der Waals surface area contributed by atoms with Crippen LogP contribution < -0.4 is 5.73 Å². The van der Waals surface area contributed by atoms with E-state index in [1.165, 1.54) is 9.18 Å². The summed E-state index contributed by atoms with van der Waals surface area (Å²) in [6.07, 6.45) is 0.746. The summed E-state index contributed by atoms with van der Waals surface area (Å²) in [5, 5.41) is 2.00. The Labute approximate surface area is 130 Å². The van der Waals surface area contributed by atoms with E-state index in [4.69, 9.17) is 5.73 Å². The van der Waals surface area contributed by atoms with Gasteiger partial charge in [-0.3, -0.25) is 0 Å². The summed E-state index contributed by atoms with van der Waals surface area (Å²) in [4.78, 5) is 1.20. The van der Waals surface area contributed by atoms with Crippen LogP contribution in [0, 0.1) is 0 Å². The van der Waals surface area contributed by atoms with Gasteiger partial charge in [-0.2, -0.15) is 0 Å². The average molecular weight is 324 g/mol. The summed E-state index contributed by atoms with van der Waals surface area (Å²) in [5.74, 6) is 0.0157. The van der Waals surface area contributed by atoms with Crippen LogP contribution in [0.3, 0.4) is 0 Å². The number of nitrogens with zero attached hydrogens (tertiary/aromatic N) is 1. The van der Waals surface area contributed by atoms with Crippen LogP contribution in [0.25, 0.3) is 0 Å². The van der Waals surface area contributed by atoms with Crippen LogP contribution in [-0.4, -0.2) is 26.3 Å². The molecule has 0 atom stereocenters. The van der Waals surface area contributed by atoms with Gasteiger partial charge in [0.15, 0.2) is 0 Å². The maximum Gasteiger partial charge on any atom is 0.218 e. The van der Waals surface area contributed by atoms with Crippen LogP contribution in [0.2, 0.25) is 0 Å². The SMILES string of the molecule is CN(CCc1cccs1)S(=O)(=O)Cc1cccc(CN)c1.